The van der Waals surface area contributed by atoms with Crippen LogP contribution in [0, 0.1) is 10.8 Å². The molecule has 0 bridgehead atoms. The molecule has 0 fully saturated rings. The van der Waals surface area contributed by atoms with Crippen molar-refractivity contribution in [3.8, 4) is 0 Å². The Balaban J connectivity index is 0.000000442. The van der Waals surface area contributed by atoms with Crippen LogP contribution in [0.3, 0.4) is 0 Å². The summed E-state index contributed by atoms with van der Waals surface area (Å²) in [6.45, 7) is 0. The number of diazo groups is 2. The van der Waals surface area contributed by atoms with Crippen LogP contribution in [0.5, 0.6) is 0 Å². The lowest BCUT2D eigenvalue weighted by Gasteiger charge is -2.06. The summed E-state index contributed by atoms with van der Waals surface area (Å²) in [6, 6.07) is 11.0. The van der Waals surface area contributed by atoms with Gasteiger partial charge in [0, 0.05) is 19.3 Å². The second-order valence-electron chi connectivity index (χ2n) is 4.25. The zero-order chi connectivity index (χ0) is 22.8. The van der Waals surface area contributed by atoms with Crippen molar-refractivity contribution in [2.24, 2.45) is 0 Å². The fourth-order valence-corrected chi connectivity index (χ4v) is 4.01. The Hall–Kier alpha value is -0.370. The number of anilines is 2. The molecule has 0 radical (unpaired) electrons. The summed E-state index contributed by atoms with van der Waals surface area (Å²) >= 11 is 19.4. The van der Waals surface area contributed by atoms with Crippen LogP contribution in [0.4, 0.5) is 11.4 Å². The monoisotopic (exact) mass is 804 g/mol. The summed E-state index contributed by atoms with van der Waals surface area (Å²) in [6.07, 6.45) is 0. The quantitative estimate of drug-likeness (QED) is 0.105. The van der Waals surface area contributed by atoms with Gasteiger partial charge in [0.15, 0.2) is 0 Å². The summed E-state index contributed by atoms with van der Waals surface area (Å²) in [7, 11) is -5.17. The van der Waals surface area contributed by atoms with E-state index < -0.39 is 10.4 Å². The largest absolute Gasteiger partial charge is 0.759 e. The third kappa shape index (κ3) is 11.6. The lowest BCUT2D eigenvalue weighted by Crippen LogP contribution is -1.96. The van der Waals surface area contributed by atoms with Crippen LogP contribution in [-0.4, -0.2) is 17.5 Å². The molecule has 0 atom stereocenters. The molecule has 29 heavy (non-hydrogen) atoms. The van der Waals surface area contributed by atoms with Gasteiger partial charge in [0.1, 0.15) is 43.7 Å². The fraction of sp³-hybridized carbons (Fsp3) is 0. The van der Waals surface area contributed by atoms with E-state index in [1.54, 1.807) is 12.1 Å². The Morgan fingerprint density at radius 3 is 1.28 bits per heavy atom. The van der Waals surface area contributed by atoms with Crippen molar-refractivity contribution in [2.75, 3.05) is 8.07 Å². The molecule has 0 aliphatic heterocycles. The van der Waals surface area contributed by atoms with Gasteiger partial charge < -0.3 is 9.11 Å². The fourth-order valence-electron chi connectivity index (χ4n) is 1.37. The molecule has 0 heterocycles. The van der Waals surface area contributed by atoms with Crippen LogP contribution < -0.4 is 8.07 Å². The molecule has 0 amide bonds. The van der Waals surface area contributed by atoms with E-state index in [1.807, 2.05) is 24.3 Å². The lowest BCUT2D eigenvalue weighted by atomic mass is 10.3. The van der Waals surface area contributed by atoms with E-state index in [4.69, 9.17) is 28.3 Å². The van der Waals surface area contributed by atoms with E-state index in [1.165, 1.54) is 8.07 Å². The lowest BCUT2D eigenvalue weighted by molar-refractivity contribution is 0.352. The van der Waals surface area contributed by atoms with Gasteiger partial charge in [-0.1, -0.05) is 12.1 Å². The molecule has 17 heteroatoms. The third-order valence-corrected chi connectivity index (χ3v) is 7.52. The topological polar surface area (TPSA) is 143 Å². The number of rotatable bonds is 2. The van der Waals surface area contributed by atoms with E-state index in [0.717, 1.165) is 17.9 Å². The molecule has 0 aliphatic carbocycles. The zero-order valence-corrected chi connectivity index (χ0v) is 23.8. The second-order valence-corrected chi connectivity index (χ2v) is 9.71. The van der Waals surface area contributed by atoms with Gasteiger partial charge in [-0.25, -0.2) is 0 Å². The molecule has 0 unspecified atom stereocenters. The molecule has 0 saturated carbocycles. The van der Waals surface area contributed by atoms with Crippen LogP contribution in [0.2, 0.25) is 0 Å². The van der Waals surface area contributed by atoms with Crippen molar-refractivity contribution in [2.45, 2.75) is 0 Å². The summed E-state index contributed by atoms with van der Waals surface area (Å²) in [5.74, 6) is 0. The summed E-state index contributed by atoms with van der Waals surface area (Å²) in [5, 5.41) is 22.9. The maximum Gasteiger partial charge on any atom is 0.322 e. The standard InChI is InChI=1S/2C6H3Br3N3.H2O4S/c2*7-4-2-1-3-5(6(4)8)12(9)11-10;1-5(2,3)4/h2*1-3H;(H2,1,2,3,4)/q2*+1;/p-2. The highest BCUT2D eigenvalue weighted by atomic mass is 79.9. The minimum atomic E-state index is -5.17. The van der Waals surface area contributed by atoms with Gasteiger partial charge in [-0.15, -0.1) is 0 Å². The van der Waals surface area contributed by atoms with Crippen molar-refractivity contribution in [1.82, 2.24) is 0 Å². The van der Waals surface area contributed by atoms with Crippen molar-refractivity contribution < 1.29 is 17.5 Å². The number of halogens is 6. The highest BCUT2D eigenvalue weighted by Gasteiger charge is 2.18. The molecule has 0 N–H and O–H groups in total. The first kappa shape index (κ1) is 28.6. The molecule has 0 aliphatic rings. The van der Waals surface area contributed by atoms with E-state index >= 15 is 0 Å². The predicted octanol–water partition coefficient (Wildman–Crippen LogP) is 6.85. The van der Waals surface area contributed by atoms with Crippen molar-refractivity contribution in [1.29, 1.82) is 10.8 Å². The number of hydrogen-bond acceptors (Lipinski definition) is 8. The summed E-state index contributed by atoms with van der Waals surface area (Å²) in [5.41, 5.74) is 1.43. The summed E-state index contributed by atoms with van der Waals surface area (Å²) in [4.78, 5) is 0. The van der Waals surface area contributed by atoms with Gasteiger partial charge in [-0.2, -0.15) is 0 Å². The molecule has 0 saturated heterocycles. The van der Waals surface area contributed by atoms with E-state index in [-0.39, 0.29) is 0 Å². The smallest absolute Gasteiger partial charge is 0.322 e. The first-order valence-electron chi connectivity index (χ1n) is 6.50. The molecule has 2 aromatic rings. The second kappa shape index (κ2) is 13.8. The third-order valence-electron chi connectivity index (χ3n) is 2.42. The maximum absolute atomic E-state index is 8.52. The van der Waals surface area contributed by atoms with Crippen LogP contribution in [-0.2, 0) is 10.4 Å². The maximum atomic E-state index is 8.52. The highest BCUT2D eigenvalue weighted by molar-refractivity contribution is 9.13. The van der Waals surface area contributed by atoms with Crippen molar-refractivity contribution >= 4 is 118 Å². The van der Waals surface area contributed by atoms with Crippen LogP contribution in [0.1, 0.15) is 0 Å². The SMILES string of the molecule is N#[N+]N(Br)c1cccc(Br)c1Br.N#[N+]N(Br)c1cccc(Br)c1Br.O=S(=O)([O-])[O-]. The highest BCUT2D eigenvalue weighted by Crippen LogP contribution is 2.35. The summed E-state index contributed by atoms with van der Waals surface area (Å²) < 4.78 is 39.9. The van der Waals surface area contributed by atoms with Crippen LogP contribution in [0.15, 0.2) is 54.3 Å². The Kier molecular flexibility index (Phi) is 13.7. The molecular formula is C12H6Br6N6O4S. The molecule has 0 aromatic heterocycles. The normalized spacial score (nSPS) is 9.59. The molecule has 0 spiro atoms. The van der Waals surface area contributed by atoms with E-state index in [9.17, 15) is 0 Å². The van der Waals surface area contributed by atoms with Crippen LogP contribution in [0.25, 0.3) is 10.2 Å². The van der Waals surface area contributed by atoms with Gasteiger partial charge in [0.25, 0.3) is 10.8 Å². The Morgan fingerprint density at radius 2 is 1.03 bits per heavy atom. The Morgan fingerprint density at radius 1 is 0.759 bits per heavy atom. The number of benzene rings is 2. The van der Waals surface area contributed by atoms with Gasteiger partial charge in [0.2, 0.25) is 0 Å². The number of nitrogens with zero attached hydrogens (tertiary/aromatic N) is 6. The Labute approximate surface area is 216 Å². The predicted molar refractivity (Wildman–Crippen MR) is 127 cm³/mol. The van der Waals surface area contributed by atoms with E-state index in [0.29, 0.717) is 11.4 Å². The van der Waals surface area contributed by atoms with Crippen LogP contribution >= 0.6 is 96.0 Å². The van der Waals surface area contributed by atoms with Gasteiger partial charge in [-0.05, 0) is 88.0 Å². The van der Waals surface area contributed by atoms with E-state index in [2.05, 4.69) is 106 Å². The average molecular weight is 810 g/mol. The van der Waals surface area contributed by atoms with Crippen molar-refractivity contribution in [3.63, 3.8) is 0 Å². The zero-order valence-electron chi connectivity index (χ0n) is 13.5. The first-order valence-corrected chi connectivity index (χ1v) is 12.4. The van der Waals surface area contributed by atoms with Gasteiger partial charge in [-0.3, -0.25) is 8.42 Å². The average Bonchev–Trinajstić information content (AvgIpc) is 2.64. The minimum absolute atomic E-state index is 0.715. The molecular weight excluding hydrogens is 804 g/mol. The molecule has 2 rings (SSSR count). The van der Waals surface area contributed by atoms with Gasteiger partial charge in [0.05, 0.1) is 17.0 Å². The Bertz CT molecular complexity index is 953. The molecule has 10 nitrogen and oxygen atoms in total. The minimum Gasteiger partial charge on any atom is -0.759 e. The molecule has 156 valence electrons. The molecule has 2 aromatic carbocycles. The van der Waals surface area contributed by atoms with Crippen molar-refractivity contribution in [3.05, 3.63) is 64.5 Å². The number of hydrogen-bond donors (Lipinski definition) is 0. The first-order chi connectivity index (χ1) is 13.3. The van der Waals surface area contributed by atoms with Gasteiger partial charge >= 0.3 is 10.2 Å².